The maximum atomic E-state index is 12.5. The van der Waals surface area contributed by atoms with Crippen molar-refractivity contribution in [1.29, 1.82) is 0 Å². The van der Waals surface area contributed by atoms with Crippen molar-refractivity contribution in [2.75, 3.05) is 6.61 Å². The number of unbranched alkanes of at least 4 members (excludes halogenated alkanes) is 9. The van der Waals surface area contributed by atoms with E-state index in [2.05, 4.69) is 12.0 Å². The number of benzene rings is 2. The highest BCUT2D eigenvalue weighted by Gasteiger charge is 2.23. The monoisotopic (exact) mass is 530 g/mol. The fourth-order valence-corrected chi connectivity index (χ4v) is 4.03. The molecule has 0 saturated heterocycles. The predicted octanol–water partition coefficient (Wildman–Crippen LogP) is 9.47. The van der Waals surface area contributed by atoms with Gasteiger partial charge in [-0.1, -0.05) is 89.8 Å². The van der Waals surface area contributed by atoms with Gasteiger partial charge in [0, 0.05) is 17.2 Å². The Morgan fingerprint density at radius 3 is 1.97 bits per heavy atom. The molecule has 37 heavy (non-hydrogen) atoms. The molecule has 0 saturated carbocycles. The molecule has 204 valence electrons. The van der Waals surface area contributed by atoms with Crippen LogP contribution in [0.25, 0.3) is 0 Å². The summed E-state index contributed by atoms with van der Waals surface area (Å²) in [6.07, 6.45) is 13.7. The summed E-state index contributed by atoms with van der Waals surface area (Å²) in [5.74, 6) is 0.643. The number of azo groups is 1. The zero-order valence-electron chi connectivity index (χ0n) is 22.7. The van der Waals surface area contributed by atoms with Gasteiger partial charge < -0.3 is 14.7 Å². The van der Waals surface area contributed by atoms with Crippen molar-refractivity contribution >= 4 is 28.9 Å². The van der Waals surface area contributed by atoms with E-state index in [1.807, 2.05) is 13.8 Å². The van der Waals surface area contributed by atoms with Crippen LogP contribution in [0.5, 0.6) is 11.5 Å². The van der Waals surface area contributed by atoms with E-state index < -0.39 is 11.3 Å². The summed E-state index contributed by atoms with van der Waals surface area (Å²) in [5.41, 5.74) is 0.848. The van der Waals surface area contributed by atoms with E-state index in [4.69, 9.17) is 21.1 Å². The topological polar surface area (TPSA) is 74.0 Å². The quantitative estimate of drug-likeness (QED) is 0.0365. The Morgan fingerprint density at radius 2 is 1.41 bits per heavy atom. The minimum atomic E-state index is -0.701. The van der Waals surface area contributed by atoms with E-state index in [1.165, 1.54) is 57.8 Å². The predicted molar refractivity (Wildman–Crippen MR) is 150 cm³/mol. The van der Waals surface area contributed by atoms with E-state index in [1.54, 1.807) is 48.5 Å². The summed E-state index contributed by atoms with van der Waals surface area (Å²) in [6.45, 7) is 6.81. The van der Waals surface area contributed by atoms with Gasteiger partial charge in [0.15, 0.2) is 0 Å². The molecule has 0 amide bonds. The number of nitrogens with zero attached hydrogens (tertiary/aromatic N) is 2. The molecule has 0 radical (unpaired) electrons. The lowest BCUT2D eigenvalue weighted by Crippen LogP contribution is -2.26. The van der Waals surface area contributed by atoms with Crippen LogP contribution >= 0.6 is 11.6 Å². The van der Waals surface area contributed by atoms with Crippen LogP contribution in [-0.4, -0.2) is 22.8 Å². The van der Waals surface area contributed by atoms with E-state index in [0.29, 0.717) is 28.6 Å². The molecule has 2 aromatic rings. The second-order valence-corrected chi connectivity index (χ2v) is 10.1. The molecule has 0 aliphatic carbocycles. The molecule has 0 heterocycles. The van der Waals surface area contributed by atoms with Crippen LogP contribution < -0.4 is 9.47 Å². The smallest absolute Gasteiger partial charge is 0.329 e. The third kappa shape index (κ3) is 12.0. The van der Waals surface area contributed by atoms with E-state index in [9.17, 15) is 10.0 Å². The lowest BCUT2D eigenvalue weighted by molar-refractivity contribution is -0.435. The zero-order valence-corrected chi connectivity index (χ0v) is 23.4. The first-order valence-electron chi connectivity index (χ1n) is 13.8. The molecule has 0 N–H and O–H groups in total. The average molecular weight is 531 g/mol. The van der Waals surface area contributed by atoms with Crippen LogP contribution in [0.2, 0.25) is 0 Å². The SMILES string of the molecule is CCCCCCCCCCCCOc1ccc([N+]([O-])=Nc2ccc(OC(=O)[C@@H](Cl)[C@@H](C)CC)cc2)cc1. The van der Waals surface area contributed by atoms with Crippen molar-refractivity contribution in [3.05, 3.63) is 53.7 Å². The van der Waals surface area contributed by atoms with E-state index in [0.717, 1.165) is 18.6 Å². The van der Waals surface area contributed by atoms with Crippen molar-refractivity contribution in [2.45, 2.75) is 96.8 Å². The molecular weight excluding hydrogens is 488 g/mol. The highest BCUT2D eigenvalue weighted by Crippen LogP contribution is 2.24. The molecule has 2 aromatic carbocycles. The van der Waals surface area contributed by atoms with Crippen LogP contribution in [0.3, 0.4) is 0 Å². The molecule has 0 fully saturated rings. The van der Waals surface area contributed by atoms with Crippen molar-refractivity contribution in [3.63, 3.8) is 0 Å². The van der Waals surface area contributed by atoms with Crippen molar-refractivity contribution < 1.29 is 19.1 Å². The van der Waals surface area contributed by atoms with Gasteiger partial charge in [-0.05, 0) is 48.7 Å². The lowest BCUT2D eigenvalue weighted by atomic mass is 10.1. The first kappa shape index (κ1) is 30.6. The van der Waals surface area contributed by atoms with Gasteiger partial charge in [0.05, 0.1) is 6.61 Å². The van der Waals surface area contributed by atoms with Crippen LogP contribution in [0, 0.1) is 11.1 Å². The molecule has 0 aliphatic rings. The van der Waals surface area contributed by atoms with E-state index >= 15 is 0 Å². The zero-order chi connectivity index (χ0) is 26.9. The van der Waals surface area contributed by atoms with Crippen molar-refractivity contribution in [2.24, 2.45) is 11.0 Å². The summed E-state index contributed by atoms with van der Waals surface area (Å²) in [4.78, 5) is 12.7. The Morgan fingerprint density at radius 1 is 0.865 bits per heavy atom. The molecule has 2 atom stereocenters. The maximum absolute atomic E-state index is 12.5. The Labute approximate surface area is 227 Å². The Kier molecular flexibility index (Phi) is 14.7. The fourth-order valence-electron chi connectivity index (χ4n) is 3.80. The fraction of sp³-hybridized carbons (Fsp3) is 0.567. The number of carbonyl (C=O) groups is 1. The van der Waals surface area contributed by atoms with Gasteiger partial charge in [-0.3, -0.25) is 4.79 Å². The molecule has 7 heteroatoms. The van der Waals surface area contributed by atoms with Gasteiger partial charge in [0.25, 0.3) is 0 Å². The van der Waals surface area contributed by atoms with Gasteiger partial charge in [-0.15, -0.1) is 11.6 Å². The minimum absolute atomic E-state index is 0.0222. The second-order valence-electron chi connectivity index (χ2n) is 9.60. The largest absolute Gasteiger partial charge is 0.594 e. The number of ether oxygens (including phenoxy) is 2. The van der Waals surface area contributed by atoms with Crippen LogP contribution in [0.15, 0.2) is 53.6 Å². The van der Waals surface area contributed by atoms with Gasteiger partial charge >= 0.3 is 5.97 Å². The number of alkyl halides is 1. The molecule has 2 rings (SSSR count). The summed E-state index contributed by atoms with van der Waals surface area (Å²) in [7, 11) is 0. The van der Waals surface area contributed by atoms with Crippen molar-refractivity contribution in [3.8, 4) is 11.5 Å². The highest BCUT2D eigenvalue weighted by molar-refractivity contribution is 6.30. The number of halogens is 1. The number of rotatable bonds is 18. The number of esters is 1. The normalized spacial score (nSPS) is 13.2. The van der Waals surface area contributed by atoms with Crippen molar-refractivity contribution in [1.82, 2.24) is 0 Å². The van der Waals surface area contributed by atoms with Gasteiger partial charge in [-0.25, -0.2) is 0 Å². The number of hydrogen-bond donors (Lipinski definition) is 0. The standard InChI is InChI=1S/C30H43ClN2O4/c1-4-6-7-8-9-10-11-12-13-14-23-36-27-21-17-26(18-22-27)33(35)32-25-15-19-28(20-16-25)37-30(34)29(31)24(3)5-2/h15-22,24,29H,4-14,23H2,1-3H3/t24-,29-/m0/s1. The third-order valence-corrected chi connectivity index (χ3v) is 7.06. The first-order valence-corrected chi connectivity index (χ1v) is 14.3. The summed E-state index contributed by atoms with van der Waals surface area (Å²) in [5, 5.41) is 15.8. The summed E-state index contributed by atoms with van der Waals surface area (Å²) in [6, 6.07) is 13.4. The lowest BCUT2D eigenvalue weighted by Gasteiger charge is -2.14. The third-order valence-electron chi connectivity index (χ3n) is 6.45. The van der Waals surface area contributed by atoms with Gasteiger partial charge in [-0.2, -0.15) is 0 Å². The van der Waals surface area contributed by atoms with Crippen LogP contribution in [-0.2, 0) is 4.79 Å². The molecule has 0 bridgehead atoms. The molecule has 0 aromatic heterocycles. The summed E-state index contributed by atoms with van der Waals surface area (Å²) < 4.78 is 11.1. The molecular formula is C30H43ClN2O4. The Hall–Kier alpha value is -2.60. The number of carbonyl (C=O) groups excluding carboxylic acids is 1. The molecule has 0 aliphatic heterocycles. The highest BCUT2D eigenvalue weighted by atomic mass is 35.5. The minimum Gasteiger partial charge on any atom is -0.594 e. The van der Waals surface area contributed by atoms with Gasteiger partial charge in [0.1, 0.15) is 22.6 Å². The van der Waals surface area contributed by atoms with Crippen LogP contribution in [0.1, 0.15) is 91.4 Å². The maximum Gasteiger partial charge on any atom is 0.329 e. The van der Waals surface area contributed by atoms with E-state index in [-0.39, 0.29) is 5.92 Å². The molecule has 0 unspecified atom stereocenters. The average Bonchev–Trinajstić information content (AvgIpc) is 2.92. The molecule has 6 nitrogen and oxygen atoms in total. The summed E-state index contributed by atoms with van der Waals surface area (Å²) >= 11 is 6.14. The molecule has 0 spiro atoms. The first-order chi connectivity index (χ1) is 17.9. The van der Waals surface area contributed by atoms with Crippen LogP contribution in [0.4, 0.5) is 11.4 Å². The van der Waals surface area contributed by atoms with Gasteiger partial charge in [0.2, 0.25) is 5.69 Å². The Balaban J connectivity index is 1.71. The Bertz CT molecular complexity index is 932. The second kappa shape index (κ2) is 17.8. The number of hydrogen-bond acceptors (Lipinski definition) is 5.